The first kappa shape index (κ1) is 17.8. The molecule has 0 bridgehead atoms. The van der Waals surface area contributed by atoms with Crippen molar-refractivity contribution in [1.29, 1.82) is 0 Å². The van der Waals surface area contributed by atoms with E-state index in [1.54, 1.807) is 18.2 Å². The number of carbonyl (C=O) groups excluding carboxylic acids is 1. The normalized spacial score (nSPS) is 11.8. The number of amides is 1. The molecule has 24 heavy (non-hydrogen) atoms. The van der Waals surface area contributed by atoms with E-state index in [2.05, 4.69) is 10.5 Å². The summed E-state index contributed by atoms with van der Waals surface area (Å²) < 4.78 is 38.2. The van der Waals surface area contributed by atoms with Gasteiger partial charge < -0.3 is 0 Å². The topological polar surface area (TPSA) is 78.8 Å². The average molecular weight is 349 g/mol. The van der Waals surface area contributed by atoms with Crippen LogP contribution in [-0.2, 0) is 14.8 Å². The van der Waals surface area contributed by atoms with E-state index >= 15 is 0 Å². The molecule has 1 N–H and O–H groups in total. The maximum Gasteiger partial charge on any atom is 0.255 e. The molecule has 0 aliphatic heterocycles. The smallest absolute Gasteiger partial charge is 0.255 e. The Balaban J connectivity index is 1.93. The monoisotopic (exact) mass is 349 g/mol. The maximum atomic E-state index is 12.8. The van der Waals surface area contributed by atoms with Gasteiger partial charge in [0.15, 0.2) is 0 Å². The Morgan fingerprint density at radius 2 is 1.79 bits per heavy atom. The molecule has 2 aromatic carbocycles. The molecule has 0 saturated carbocycles. The van der Waals surface area contributed by atoms with E-state index < -0.39 is 15.9 Å². The third-order valence-electron chi connectivity index (χ3n) is 3.09. The van der Waals surface area contributed by atoms with Crippen LogP contribution >= 0.6 is 0 Å². The van der Waals surface area contributed by atoms with Crippen LogP contribution in [-0.4, -0.2) is 38.4 Å². The number of carbonyl (C=O) groups is 1. The number of halogens is 1. The standard InChI is InChI=1S/C16H16FN3O3S/c1-20(24(22,23)15-5-3-2-4-6-15)12-16(21)19-18-11-13-7-9-14(17)10-8-13/h2-11H,12H2,1H3,(H,19,21)/b18-11-. The number of likely N-dealkylation sites (N-methyl/N-ethyl adjacent to an activating group) is 1. The minimum absolute atomic E-state index is 0.107. The van der Waals surface area contributed by atoms with Crippen LogP contribution < -0.4 is 5.43 Å². The highest BCUT2D eigenvalue weighted by Gasteiger charge is 2.22. The fourth-order valence-electron chi connectivity index (χ4n) is 1.82. The van der Waals surface area contributed by atoms with Gasteiger partial charge in [-0.25, -0.2) is 18.2 Å². The Labute approximate surface area is 139 Å². The lowest BCUT2D eigenvalue weighted by Crippen LogP contribution is -2.36. The zero-order valence-corrected chi connectivity index (χ0v) is 13.7. The van der Waals surface area contributed by atoms with Crippen LogP contribution in [0.2, 0.25) is 0 Å². The minimum atomic E-state index is -3.74. The molecule has 6 nitrogen and oxygen atoms in total. The molecular weight excluding hydrogens is 333 g/mol. The fraction of sp³-hybridized carbons (Fsp3) is 0.125. The molecule has 0 aromatic heterocycles. The lowest BCUT2D eigenvalue weighted by molar-refractivity contribution is -0.121. The first-order valence-corrected chi connectivity index (χ1v) is 8.42. The summed E-state index contributed by atoms with van der Waals surface area (Å²) in [5, 5.41) is 3.71. The molecule has 0 heterocycles. The lowest BCUT2D eigenvalue weighted by atomic mass is 10.2. The number of hydrogen-bond acceptors (Lipinski definition) is 4. The molecule has 0 spiro atoms. The number of benzene rings is 2. The van der Waals surface area contributed by atoms with Crippen LogP contribution in [0.5, 0.6) is 0 Å². The van der Waals surface area contributed by atoms with E-state index in [1.807, 2.05) is 0 Å². The van der Waals surface area contributed by atoms with E-state index in [-0.39, 0.29) is 17.3 Å². The third kappa shape index (κ3) is 4.71. The molecule has 1 amide bonds. The minimum Gasteiger partial charge on any atom is -0.272 e. The van der Waals surface area contributed by atoms with Crippen molar-refractivity contribution >= 4 is 22.1 Å². The van der Waals surface area contributed by atoms with Gasteiger partial charge in [-0.3, -0.25) is 4.79 Å². The number of hydrogen-bond donors (Lipinski definition) is 1. The van der Waals surface area contributed by atoms with Crippen LogP contribution in [0.4, 0.5) is 4.39 Å². The summed E-state index contributed by atoms with van der Waals surface area (Å²) in [6.45, 7) is -0.377. The van der Waals surface area contributed by atoms with Gasteiger partial charge in [-0.05, 0) is 29.8 Å². The summed E-state index contributed by atoms with van der Waals surface area (Å²) in [6, 6.07) is 13.4. The van der Waals surface area contributed by atoms with Crippen LogP contribution in [0.25, 0.3) is 0 Å². The molecule has 0 saturated heterocycles. The summed E-state index contributed by atoms with van der Waals surface area (Å²) in [6.07, 6.45) is 1.34. The second-order valence-corrected chi connectivity index (χ2v) is 6.96. The summed E-state index contributed by atoms with van der Waals surface area (Å²) in [4.78, 5) is 11.9. The molecule has 8 heteroatoms. The van der Waals surface area contributed by atoms with Crippen molar-refractivity contribution < 1.29 is 17.6 Å². The quantitative estimate of drug-likeness (QED) is 0.635. The highest BCUT2D eigenvalue weighted by atomic mass is 32.2. The molecule has 0 unspecified atom stereocenters. The zero-order chi connectivity index (χ0) is 17.6. The zero-order valence-electron chi connectivity index (χ0n) is 12.9. The van der Waals surface area contributed by atoms with Gasteiger partial charge in [0, 0.05) is 7.05 Å². The second kappa shape index (κ2) is 7.80. The predicted molar refractivity (Wildman–Crippen MR) is 88.4 cm³/mol. The molecular formula is C16H16FN3O3S. The first-order valence-electron chi connectivity index (χ1n) is 6.98. The number of sulfonamides is 1. The molecule has 0 atom stereocenters. The summed E-state index contributed by atoms with van der Waals surface area (Å²) >= 11 is 0. The van der Waals surface area contributed by atoms with Gasteiger partial charge in [0.25, 0.3) is 5.91 Å². The van der Waals surface area contributed by atoms with Crippen molar-refractivity contribution in [2.24, 2.45) is 5.10 Å². The van der Waals surface area contributed by atoms with Crippen molar-refractivity contribution in [3.63, 3.8) is 0 Å². The summed E-state index contributed by atoms with van der Waals surface area (Å²) in [5.41, 5.74) is 2.83. The molecule has 0 radical (unpaired) electrons. The van der Waals surface area contributed by atoms with E-state index in [4.69, 9.17) is 0 Å². The largest absolute Gasteiger partial charge is 0.272 e. The molecule has 0 aliphatic rings. The number of hydrazone groups is 1. The van der Waals surface area contributed by atoms with Crippen molar-refractivity contribution in [2.45, 2.75) is 4.90 Å². The third-order valence-corrected chi connectivity index (χ3v) is 4.91. The second-order valence-electron chi connectivity index (χ2n) is 4.92. The van der Waals surface area contributed by atoms with Crippen LogP contribution in [0.1, 0.15) is 5.56 Å². The lowest BCUT2D eigenvalue weighted by Gasteiger charge is -2.15. The van der Waals surface area contributed by atoms with Crippen molar-refractivity contribution in [2.75, 3.05) is 13.6 Å². The Morgan fingerprint density at radius 1 is 1.17 bits per heavy atom. The van der Waals surface area contributed by atoms with Gasteiger partial charge in [0.2, 0.25) is 10.0 Å². The van der Waals surface area contributed by atoms with Crippen LogP contribution in [0.3, 0.4) is 0 Å². The maximum absolute atomic E-state index is 12.8. The number of rotatable bonds is 6. The highest BCUT2D eigenvalue weighted by molar-refractivity contribution is 7.89. The molecule has 2 rings (SSSR count). The fourth-order valence-corrected chi connectivity index (χ4v) is 2.97. The van der Waals surface area contributed by atoms with E-state index in [0.717, 1.165) is 4.31 Å². The van der Waals surface area contributed by atoms with E-state index in [9.17, 15) is 17.6 Å². The van der Waals surface area contributed by atoms with Gasteiger partial charge in [-0.2, -0.15) is 9.41 Å². The molecule has 126 valence electrons. The van der Waals surface area contributed by atoms with Crippen molar-refractivity contribution in [1.82, 2.24) is 9.73 Å². The Hall–Kier alpha value is -2.58. The van der Waals surface area contributed by atoms with Crippen molar-refractivity contribution in [3.8, 4) is 0 Å². The van der Waals surface area contributed by atoms with Gasteiger partial charge >= 0.3 is 0 Å². The van der Waals surface area contributed by atoms with Gasteiger partial charge in [0.1, 0.15) is 5.82 Å². The van der Waals surface area contributed by atoms with Crippen LogP contribution in [0, 0.1) is 5.82 Å². The molecule has 2 aromatic rings. The summed E-state index contributed by atoms with van der Waals surface area (Å²) in [5.74, 6) is -0.959. The Bertz CT molecular complexity index is 821. The molecule has 0 aliphatic carbocycles. The first-order chi connectivity index (χ1) is 11.4. The molecule has 0 fully saturated rings. The highest BCUT2D eigenvalue weighted by Crippen LogP contribution is 2.12. The Morgan fingerprint density at radius 3 is 2.42 bits per heavy atom. The van der Waals surface area contributed by atoms with Gasteiger partial charge in [0.05, 0.1) is 17.7 Å². The van der Waals surface area contributed by atoms with E-state index in [0.29, 0.717) is 5.56 Å². The SMILES string of the molecule is CN(CC(=O)N/N=C\c1ccc(F)cc1)S(=O)(=O)c1ccccc1. The van der Waals surface area contributed by atoms with E-state index in [1.165, 1.54) is 49.7 Å². The van der Waals surface area contributed by atoms with Gasteiger partial charge in [-0.1, -0.05) is 30.3 Å². The van der Waals surface area contributed by atoms with Crippen LogP contribution in [0.15, 0.2) is 64.6 Å². The average Bonchev–Trinajstić information content (AvgIpc) is 2.57. The predicted octanol–water partition coefficient (Wildman–Crippen LogP) is 1.60. The van der Waals surface area contributed by atoms with Crippen molar-refractivity contribution in [3.05, 3.63) is 66.0 Å². The number of nitrogens with one attached hydrogen (secondary N) is 1. The van der Waals surface area contributed by atoms with Gasteiger partial charge in [-0.15, -0.1) is 0 Å². The number of nitrogens with zero attached hydrogens (tertiary/aromatic N) is 2. The summed E-state index contributed by atoms with van der Waals surface area (Å²) in [7, 11) is -2.43. The Kier molecular flexibility index (Phi) is 5.78.